The minimum Gasteiger partial charge on any atom is -0.497 e. The number of β-amino-alcohol motifs (C(OH)–C–C–N with tert-alkyl or cyclic N) is 1. The van der Waals surface area contributed by atoms with Crippen molar-refractivity contribution in [1.29, 1.82) is 0 Å². The summed E-state index contributed by atoms with van der Waals surface area (Å²) in [4.78, 5) is 2.20. The first-order chi connectivity index (χ1) is 12.2. The molecule has 4 nitrogen and oxygen atoms in total. The van der Waals surface area contributed by atoms with E-state index in [0.717, 1.165) is 37.4 Å². The van der Waals surface area contributed by atoms with Gasteiger partial charge in [0.2, 0.25) is 0 Å². The largest absolute Gasteiger partial charge is 0.497 e. The quantitative estimate of drug-likeness (QED) is 0.843. The minimum atomic E-state index is -0.788. The van der Waals surface area contributed by atoms with Gasteiger partial charge in [-0.25, -0.2) is 4.39 Å². The van der Waals surface area contributed by atoms with E-state index < -0.39 is 6.10 Å². The van der Waals surface area contributed by atoms with E-state index in [1.165, 1.54) is 6.07 Å². The molecule has 2 aromatic carbocycles. The maximum Gasteiger partial charge on any atom is 0.129 e. The smallest absolute Gasteiger partial charge is 0.129 e. The van der Waals surface area contributed by atoms with Crippen molar-refractivity contribution in [3.05, 3.63) is 59.9 Å². The topological polar surface area (TPSA) is 44.7 Å². The zero-order valence-corrected chi connectivity index (χ0v) is 14.5. The highest BCUT2D eigenvalue weighted by atomic mass is 19.1. The van der Waals surface area contributed by atoms with Gasteiger partial charge in [-0.05, 0) is 31.0 Å². The van der Waals surface area contributed by atoms with E-state index in [0.29, 0.717) is 18.2 Å². The molecule has 0 radical (unpaired) electrons. The highest BCUT2D eigenvalue weighted by Gasteiger charge is 2.22. The van der Waals surface area contributed by atoms with Gasteiger partial charge >= 0.3 is 0 Å². The monoisotopic (exact) mass is 344 g/mol. The molecular weight excluding hydrogens is 319 g/mol. The van der Waals surface area contributed by atoms with Crippen molar-refractivity contribution in [2.24, 2.45) is 0 Å². The van der Waals surface area contributed by atoms with Crippen LogP contribution in [0.4, 0.5) is 10.1 Å². The van der Waals surface area contributed by atoms with Crippen LogP contribution in [0.15, 0.2) is 48.5 Å². The zero-order valence-electron chi connectivity index (χ0n) is 14.5. The Morgan fingerprint density at radius 3 is 2.68 bits per heavy atom. The van der Waals surface area contributed by atoms with Gasteiger partial charge in [-0.3, -0.25) is 0 Å². The summed E-state index contributed by atoms with van der Waals surface area (Å²) < 4.78 is 19.0. The summed E-state index contributed by atoms with van der Waals surface area (Å²) in [5.74, 6) is 0.500. The molecule has 1 aliphatic rings. The van der Waals surface area contributed by atoms with Crippen molar-refractivity contribution in [3.63, 3.8) is 0 Å². The Kier molecular flexibility index (Phi) is 5.89. The molecule has 0 aromatic heterocycles. The summed E-state index contributed by atoms with van der Waals surface area (Å²) in [6.07, 6.45) is 1.19. The number of likely N-dealkylation sites (tertiary alicyclic amines) is 1. The highest BCUT2D eigenvalue weighted by molar-refractivity contribution is 5.48. The molecule has 1 atom stereocenters. The van der Waals surface area contributed by atoms with Crippen LogP contribution in [0.3, 0.4) is 0 Å². The number of rotatable bonds is 6. The lowest BCUT2D eigenvalue weighted by Gasteiger charge is -2.34. The van der Waals surface area contributed by atoms with Gasteiger partial charge in [-0.2, -0.15) is 0 Å². The second kappa shape index (κ2) is 8.32. The van der Waals surface area contributed by atoms with Gasteiger partial charge in [0.15, 0.2) is 0 Å². The van der Waals surface area contributed by atoms with Crippen LogP contribution in [0.1, 0.15) is 24.5 Å². The molecule has 1 fully saturated rings. The molecule has 2 N–H and O–H groups in total. The number of hydrogen-bond acceptors (Lipinski definition) is 4. The van der Waals surface area contributed by atoms with E-state index >= 15 is 0 Å². The SMILES string of the molecule is COc1cccc(NC2CCN(CC(O)c3ccccc3F)CC2)c1. The Balaban J connectivity index is 1.49. The number of aliphatic hydroxyl groups is 1. The molecule has 1 saturated heterocycles. The Morgan fingerprint density at radius 2 is 1.96 bits per heavy atom. The molecule has 0 saturated carbocycles. The van der Waals surface area contributed by atoms with Gasteiger partial charge in [0.25, 0.3) is 0 Å². The fraction of sp³-hybridized carbons (Fsp3) is 0.400. The number of benzene rings is 2. The first-order valence-electron chi connectivity index (χ1n) is 8.71. The fourth-order valence-electron chi connectivity index (χ4n) is 3.30. The number of methoxy groups -OCH3 is 1. The van der Waals surface area contributed by atoms with Crippen LogP contribution < -0.4 is 10.1 Å². The van der Waals surface area contributed by atoms with E-state index in [1.54, 1.807) is 25.3 Å². The van der Waals surface area contributed by atoms with Gasteiger partial charge in [0, 0.05) is 43.0 Å². The third-order valence-electron chi connectivity index (χ3n) is 4.72. The second-order valence-electron chi connectivity index (χ2n) is 6.49. The molecule has 1 unspecified atom stereocenters. The fourth-order valence-corrected chi connectivity index (χ4v) is 3.30. The van der Waals surface area contributed by atoms with Crippen LogP contribution >= 0.6 is 0 Å². The van der Waals surface area contributed by atoms with E-state index in [2.05, 4.69) is 10.2 Å². The average molecular weight is 344 g/mol. The number of aliphatic hydroxyl groups excluding tert-OH is 1. The molecule has 0 spiro atoms. The molecule has 134 valence electrons. The maximum atomic E-state index is 13.8. The number of piperidine rings is 1. The Hall–Kier alpha value is -2.11. The third-order valence-corrected chi connectivity index (χ3v) is 4.72. The van der Waals surface area contributed by atoms with Crippen molar-refractivity contribution in [2.45, 2.75) is 25.0 Å². The first-order valence-corrected chi connectivity index (χ1v) is 8.71. The first kappa shape index (κ1) is 17.7. The number of hydrogen-bond donors (Lipinski definition) is 2. The number of nitrogens with one attached hydrogen (secondary N) is 1. The Bertz CT molecular complexity index is 687. The van der Waals surface area contributed by atoms with Gasteiger partial charge in [-0.15, -0.1) is 0 Å². The summed E-state index contributed by atoms with van der Waals surface area (Å²) in [6.45, 7) is 2.23. The average Bonchev–Trinajstić information content (AvgIpc) is 2.64. The van der Waals surface area contributed by atoms with Crippen LogP contribution in [0.5, 0.6) is 5.75 Å². The van der Waals surface area contributed by atoms with Crippen LogP contribution in [-0.4, -0.2) is 42.8 Å². The van der Waals surface area contributed by atoms with Crippen LogP contribution in [0, 0.1) is 5.82 Å². The molecule has 5 heteroatoms. The number of anilines is 1. The van der Waals surface area contributed by atoms with E-state index in [9.17, 15) is 9.50 Å². The lowest BCUT2D eigenvalue weighted by atomic mass is 10.0. The normalized spacial score (nSPS) is 17.2. The summed E-state index contributed by atoms with van der Waals surface area (Å²) in [6, 6.07) is 14.8. The van der Waals surface area contributed by atoms with Crippen molar-refractivity contribution in [3.8, 4) is 5.75 Å². The van der Waals surface area contributed by atoms with Crippen LogP contribution in [-0.2, 0) is 0 Å². The Labute approximate surface area is 148 Å². The maximum absolute atomic E-state index is 13.8. The Morgan fingerprint density at radius 1 is 1.20 bits per heavy atom. The summed E-state index contributed by atoms with van der Waals surface area (Å²) in [5.41, 5.74) is 1.43. The van der Waals surface area contributed by atoms with Crippen molar-refractivity contribution in [2.75, 3.05) is 32.1 Å². The number of ether oxygens (including phenoxy) is 1. The number of nitrogens with zero attached hydrogens (tertiary/aromatic N) is 1. The second-order valence-corrected chi connectivity index (χ2v) is 6.49. The van der Waals surface area contributed by atoms with Gasteiger partial charge < -0.3 is 20.1 Å². The van der Waals surface area contributed by atoms with Crippen molar-refractivity contribution in [1.82, 2.24) is 4.90 Å². The third kappa shape index (κ3) is 4.71. The lowest BCUT2D eigenvalue weighted by Crippen LogP contribution is -2.41. The molecule has 1 heterocycles. The van der Waals surface area contributed by atoms with Crippen LogP contribution in [0.25, 0.3) is 0 Å². The lowest BCUT2D eigenvalue weighted by molar-refractivity contribution is 0.0966. The number of halogens is 1. The predicted molar refractivity (Wildman–Crippen MR) is 97.4 cm³/mol. The van der Waals surface area contributed by atoms with Gasteiger partial charge in [0.1, 0.15) is 11.6 Å². The van der Waals surface area contributed by atoms with Crippen LogP contribution in [0.2, 0.25) is 0 Å². The minimum absolute atomic E-state index is 0.343. The van der Waals surface area contributed by atoms with E-state index in [1.807, 2.05) is 24.3 Å². The van der Waals surface area contributed by atoms with Gasteiger partial charge in [-0.1, -0.05) is 24.3 Å². The molecule has 0 aliphatic carbocycles. The van der Waals surface area contributed by atoms with Crippen molar-refractivity contribution < 1.29 is 14.2 Å². The molecule has 2 aromatic rings. The highest BCUT2D eigenvalue weighted by Crippen LogP contribution is 2.23. The van der Waals surface area contributed by atoms with Crippen molar-refractivity contribution >= 4 is 5.69 Å². The molecule has 0 bridgehead atoms. The molecule has 25 heavy (non-hydrogen) atoms. The molecule has 0 amide bonds. The zero-order chi connectivity index (χ0) is 17.6. The van der Waals surface area contributed by atoms with E-state index in [4.69, 9.17) is 4.74 Å². The standard InChI is InChI=1S/C20H25FN2O2/c1-25-17-6-4-5-16(13-17)22-15-9-11-23(12-10-15)14-20(24)18-7-2-3-8-19(18)21/h2-8,13,15,20,22,24H,9-12,14H2,1H3. The molecular formula is C20H25FN2O2. The predicted octanol–water partition coefficient (Wildman–Crippen LogP) is 3.44. The molecule has 1 aliphatic heterocycles. The summed E-state index contributed by atoms with van der Waals surface area (Å²) in [7, 11) is 1.67. The van der Waals surface area contributed by atoms with Gasteiger partial charge in [0.05, 0.1) is 13.2 Å². The summed E-state index contributed by atoms with van der Waals surface area (Å²) >= 11 is 0. The van der Waals surface area contributed by atoms with E-state index in [-0.39, 0.29) is 5.82 Å². The summed E-state index contributed by atoms with van der Waals surface area (Å²) in [5, 5.41) is 13.8. The molecule has 3 rings (SSSR count).